The summed E-state index contributed by atoms with van der Waals surface area (Å²) in [6.45, 7) is 4.41. The van der Waals surface area contributed by atoms with Crippen molar-refractivity contribution in [3.63, 3.8) is 0 Å². The zero-order valence-corrected chi connectivity index (χ0v) is 12.2. The van der Waals surface area contributed by atoms with Gasteiger partial charge in [-0.25, -0.2) is 0 Å². The van der Waals surface area contributed by atoms with Crippen LogP contribution in [0.2, 0.25) is 0 Å². The Hall–Kier alpha value is -1.56. The Bertz CT molecular complexity index is 429. The van der Waals surface area contributed by atoms with Crippen LogP contribution in [0.3, 0.4) is 0 Å². The van der Waals surface area contributed by atoms with Crippen LogP contribution >= 0.6 is 0 Å². The van der Waals surface area contributed by atoms with Crippen molar-refractivity contribution >= 4 is 0 Å². The monoisotopic (exact) mass is 252 g/mol. The first-order valence-corrected chi connectivity index (χ1v) is 7.47. The summed E-state index contributed by atoms with van der Waals surface area (Å²) in [6.07, 6.45) is 5.85. The largest absolute Gasteiger partial charge is 0.0613 e. The second kappa shape index (κ2) is 7.13. The van der Waals surface area contributed by atoms with E-state index in [-0.39, 0.29) is 0 Å². The summed E-state index contributed by atoms with van der Waals surface area (Å²) in [5.41, 5.74) is 5.78. The van der Waals surface area contributed by atoms with E-state index in [1.165, 1.54) is 41.5 Å². The van der Waals surface area contributed by atoms with E-state index in [2.05, 4.69) is 62.4 Å². The van der Waals surface area contributed by atoms with E-state index in [1.54, 1.807) is 0 Å². The molecule has 0 aromatic heterocycles. The van der Waals surface area contributed by atoms with Crippen LogP contribution in [0.4, 0.5) is 0 Å². The molecule has 0 radical (unpaired) electrons. The van der Waals surface area contributed by atoms with Gasteiger partial charge in [-0.3, -0.25) is 0 Å². The zero-order valence-electron chi connectivity index (χ0n) is 12.2. The van der Waals surface area contributed by atoms with Crippen molar-refractivity contribution < 1.29 is 0 Å². The minimum absolute atomic E-state index is 1.13. The molecule has 0 heterocycles. The van der Waals surface area contributed by atoms with Gasteiger partial charge in [-0.1, -0.05) is 62.4 Å². The molecule has 0 aliphatic rings. The quantitative estimate of drug-likeness (QED) is 0.679. The molecule has 0 nitrogen and oxygen atoms in total. The lowest BCUT2D eigenvalue weighted by Gasteiger charge is -2.04. The highest BCUT2D eigenvalue weighted by Gasteiger charge is 1.97. The molecule has 0 atom stereocenters. The van der Waals surface area contributed by atoms with Crippen LogP contribution in [0.15, 0.2) is 48.5 Å². The summed E-state index contributed by atoms with van der Waals surface area (Å²) in [7, 11) is 0. The maximum absolute atomic E-state index is 2.28. The van der Waals surface area contributed by atoms with Crippen molar-refractivity contribution in [1.82, 2.24) is 0 Å². The van der Waals surface area contributed by atoms with Crippen molar-refractivity contribution in [1.29, 1.82) is 0 Å². The second-order valence-electron chi connectivity index (χ2n) is 5.19. The van der Waals surface area contributed by atoms with E-state index in [0.29, 0.717) is 0 Å². The Labute approximate surface area is 117 Å². The third-order valence-electron chi connectivity index (χ3n) is 3.79. The molecular formula is C19H24. The molecule has 2 aromatic rings. The molecule has 0 aliphatic carbocycles. The highest BCUT2D eigenvalue weighted by Crippen LogP contribution is 2.11. The maximum Gasteiger partial charge on any atom is -0.0276 e. The zero-order chi connectivity index (χ0) is 13.5. The van der Waals surface area contributed by atoms with Crippen molar-refractivity contribution in [2.24, 2.45) is 0 Å². The Balaban J connectivity index is 1.81. The summed E-state index contributed by atoms with van der Waals surface area (Å²) in [5.74, 6) is 0. The standard InChI is InChI=1S/C19H24/c1-3-16-8-12-18(13-9-16)6-5-7-19-14-10-17(4-2)11-15-19/h8-15H,3-7H2,1-2H3. The molecule has 19 heavy (non-hydrogen) atoms. The van der Waals surface area contributed by atoms with Crippen LogP contribution in [-0.4, -0.2) is 0 Å². The van der Waals surface area contributed by atoms with E-state index in [4.69, 9.17) is 0 Å². The predicted molar refractivity (Wildman–Crippen MR) is 83.7 cm³/mol. The van der Waals surface area contributed by atoms with Crippen molar-refractivity contribution in [3.8, 4) is 0 Å². The molecule has 0 unspecified atom stereocenters. The van der Waals surface area contributed by atoms with Gasteiger partial charge in [-0.2, -0.15) is 0 Å². The molecule has 0 heteroatoms. The first-order chi connectivity index (χ1) is 9.31. The van der Waals surface area contributed by atoms with Gasteiger partial charge < -0.3 is 0 Å². The molecule has 2 rings (SSSR count). The van der Waals surface area contributed by atoms with Gasteiger partial charge in [0.2, 0.25) is 0 Å². The van der Waals surface area contributed by atoms with Crippen LogP contribution in [-0.2, 0) is 25.7 Å². The smallest absolute Gasteiger partial charge is 0.0276 e. The molecule has 0 saturated heterocycles. The number of benzene rings is 2. The molecule has 0 N–H and O–H groups in total. The average molecular weight is 252 g/mol. The first-order valence-electron chi connectivity index (χ1n) is 7.47. The Kier molecular flexibility index (Phi) is 5.20. The van der Waals surface area contributed by atoms with Gasteiger partial charge in [-0.15, -0.1) is 0 Å². The van der Waals surface area contributed by atoms with Crippen LogP contribution in [0.5, 0.6) is 0 Å². The van der Waals surface area contributed by atoms with Gasteiger partial charge in [0.1, 0.15) is 0 Å². The van der Waals surface area contributed by atoms with E-state index < -0.39 is 0 Å². The second-order valence-corrected chi connectivity index (χ2v) is 5.19. The van der Waals surface area contributed by atoms with Crippen molar-refractivity contribution in [2.75, 3.05) is 0 Å². The normalized spacial score (nSPS) is 10.6. The van der Waals surface area contributed by atoms with Gasteiger partial charge in [0.25, 0.3) is 0 Å². The molecule has 0 aliphatic heterocycles. The van der Waals surface area contributed by atoms with Gasteiger partial charge in [0, 0.05) is 0 Å². The molecule has 0 spiro atoms. The van der Waals surface area contributed by atoms with E-state index >= 15 is 0 Å². The predicted octanol–water partition coefficient (Wildman–Crippen LogP) is 4.99. The summed E-state index contributed by atoms with van der Waals surface area (Å²) < 4.78 is 0. The van der Waals surface area contributed by atoms with Crippen LogP contribution in [0.1, 0.15) is 42.5 Å². The lowest BCUT2D eigenvalue weighted by Crippen LogP contribution is -1.91. The van der Waals surface area contributed by atoms with E-state index in [1.807, 2.05) is 0 Å². The SMILES string of the molecule is CCc1ccc(CCCc2ccc(CC)cc2)cc1. The Morgan fingerprint density at radius 2 is 0.842 bits per heavy atom. The summed E-state index contributed by atoms with van der Waals surface area (Å²) in [4.78, 5) is 0. The number of hydrogen-bond acceptors (Lipinski definition) is 0. The molecule has 100 valence electrons. The topological polar surface area (TPSA) is 0 Å². The van der Waals surface area contributed by atoms with E-state index in [0.717, 1.165) is 12.8 Å². The molecule has 0 amide bonds. The van der Waals surface area contributed by atoms with Gasteiger partial charge >= 0.3 is 0 Å². The fourth-order valence-electron chi connectivity index (χ4n) is 2.38. The fourth-order valence-corrected chi connectivity index (χ4v) is 2.38. The average Bonchev–Trinajstić information content (AvgIpc) is 2.49. The van der Waals surface area contributed by atoms with E-state index in [9.17, 15) is 0 Å². The lowest BCUT2D eigenvalue weighted by atomic mass is 10.0. The minimum Gasteiger partial charge on any atom is -0.0613 e. The highest BCUT2D eigenvalue weighted by molar-refractivity contribution is 5.24. The number of hydrogen-bond donors (Lipinski definition) is 0. The van der Waals surface area contributed by atoms with Crippen LogP contribution in [0, 0.1) is 0 Å². The van der Waals surface area contributed by atoms with Gasteiger partial charge in [-0.05, 0) is 54.4 Å². The Morgan fingerprint density at radius 3 is 1.16 bits per heavy atom. The third kappa shape index (κ3) is 4.24. The molecular weight excluding hydrogens is 228 g/mol. The fraction of sp³-hybridized carbons (Fsp3) is 0.368. The molecule has 0 bridgehead atoms. The van der Waals surface area contributed by atoms with Gasteiger partial charge in [0.15, 0.2) is 0 Å². The van der Waals surface area contributed by atoms with Crippen LogP contribution in [0.25, 0.3) is 0 Å². The van der Waals surface area contributed by atoms with Crippen molar-refractivity contribution in [2.45, 2.75) is 46.0 Å². The number of rotatable bonds is 6. The maximum atomic E-state index is 2.28. The molecule has 0 fully saturated rings. The minimum atomic E-state index is 1.13. The summed E-state index contributed by atoms with van der Waals surface area (Å²) in [5, 5.41) is 0. The molecule has 2 aromatic carbocycles. The molecule has 0 saturated carbocycles. The third-order valence-corrected chi connectivity index (χ3v) is 3.79. The lowest BCUT2D eigenvalue weighted by molar-refractivity contribution is 0.819. The number of aryl methyl sites for hydroxylation is 4. The summed E-state index contributed by atoms with van der Waals surface area (Å²) in [6, 6.07) is 18.1. The first kappa shape index (κ1) is 13.9. The Morgan fingerprint density at radius 1 is 0.526 bits per heavy atom. The van der Waals surface area contributed by atoms with Gasteiger partial charge in [0.05, 0.1) is 0 Å². The van der Waals surface area contributed by atoms with Crippen LogP contribution < -0.4 is 0 Å². The summed E-state index contributed by atoms with van der Waals surface area (Å²) >= 11 is 0. The highest BCUT2D eigenvalue weighted by atomic mass is 14.0. The van der Waals surface area contributed by atoms with Crippen molar-refractivity contribution in [3.05, 3.63) is 70.8 Å².